The monoisotopic (exact) mass is 793 g/mol. The van der Waals surface area contributed by atoms with E-state index in [1.807, 2.05) is 12.1 Å². The molecule has 3 fully saturated rings. The number of ketones is 1. The number of nitrogens with one attached hydrogen (secondary N) is 3. The Kier molecular flexibility index (Phi) is 13.0. The van der Waals surface area contributed by atoms with E-state index in [0.29, 0.717) is 31.1 Å². The summed E-state index contributed by atoms with van der Waals surface area (Å²) >= 11 is 0. The fourth-order valence-electron chi connectivity index (χ4n) is 6.91. The molecule has 56 heavy (non-hydrogen) atoms. The number of likely N-dealkylation sites (tertiary alicyclic amines) is 1. The van der Waals surface area contributed by atoms with Crippen molar-refractivity contribution >= 4 is 50.4 Å². The molecule has 2 aliphatic carbocycles. The van der Waals surface area contributed by atoms with Crippen molar-refractivity contribution in [3.63, 3.8) is 0 Å². The second-order valence-corrected chi connectivity index (χ2v) is 18.3. The lowest BCUT2D eigenvalue weighted by atomic mass is 9.92. The van der Waals surface area contributed by atoms with Gasteiger partial charge in [-0.15, -0.1) is 6.58 Å². The lowest BCUT2D eigenvalue weighted by molar-refractivity contribution is -0.141. The molecule has 3 aliphatic rings. The Hall–Kier alpha value is -4.79. The molecule has 4 amide bonds. The molecule has 2 saturated carbocycles. The van der Waals surface area contributed by atoms with Crippen molar-refractivity contribution in [1.82, 2.24) is 25.2 Å². The number of nitrogens with zero attached hydrogens (tertiary/aromatic N) is 2. The predicted molar refractivity (Wildman–Crippen MR) is 211 cm³/mol. The molecule has 1 aromatic carbocycles. The molecule has 1 aromatic heterocycles. The third-order valence-corrected chi connectivity index (χ3v) is 11.8. The number of allylic oxidation sites excluding steroid dienone is 2. The van der Waals surface area contributed by atoms with Crippen LogP contribution in [0, 0.1) is 0 Å². The zero-order chi connectivity index (χ0) is 41.0. The van der Waals surface area contributed by atoms with Gasteiger partial charge in [0.15, 0.2) is 5.78 Å². The third kappa shape index (κ3) is 10.7. The largest absolute Gasteiger partial charge is 0.472 e. The average Bonchev–Trinajstić information content (AvgIpc) is 4.05. The number of carbonyl (C=O) groups excluding carboxylic acids is 5. The van der Waals surface area contributed by atoms with Crippen molar-refractivity contribution in [2.24, 2.45) is 0 Å². The number of rotatable bonds is 17. The molecule has 14 nitrogen and oxygen atoms in total. The van der Waals surface area contributed by atoms with E-state index in [0.717, 1.165) is 29.2 Å². The Labute approximate surface area is 329 Å². The van der Waals surface area contributed by atoms with Gasteiger partial charge in [-0.05, 0) is 108 Å². The van der Waals surface area contributed by atoms with Crippen molar-refractivity contribution in [1.29, 1.82) is 0 Å². The van der Waals surface area contributed by atoms with Gasteiger partial charge in [0.2, 0.25) is 27.7 Å². The van der Waals surface area contributed by atoms with Crippen LogP contribution in [0.1, 0.15) is 111 Å². The van der Waals surface area contributed by atoms with Gasteiger partial charge in [0.1, 0.15) is 29.3 Å². The molecule has 15 heteroatoms. The molecule has 4 atom stereocenters. The van der Waals surface area contributed by atoms with Crippen LogP contribution in [0.15, 0.2) is 54.8 Å². The second kappa shape index (κ2) is 17.1. The normalized spacial score (nSPS) is 19.9. The number of alkyl carbamates (subject to hydrolysis) is 1. The number of amides is 4. The summed E-state index contributed by atoms with van der Waals surface area (Å²) in [5.74, 6) is -1.78. The molecular weight excluding hydrogens is 739 g/mol. The summed E-state index contributed by atoms with van der Waals surface area (Å²) in [4.78, 5) is 74.2. The molecule has 3 N–H and O–H groups in total. The highest BCUT2D eigenvalue weighted by Crippen LogP contribution is 2.41. The molecule has 0 unspecified atom stereocenters. The van der Waals surface area contributed by atoms with E-state index >= 15 is 0 Å². The number of aromatic nitrogens is 1. The third-order valence-electron chi connectivity index (χ3n) is 9.99. The smallest absolute Gasteiger partial charge is 0.408 e. The van der Waals surface area contributed by atoms with Crippen molar-refractivity contribution < 1.29 is 41.9 Å². The Morgan fingerprint density at radius 3 is 2.39 bits per heavy atom. The van der Waals surface area contributed by atoms with E-state index in [1.165, 1.54) is 22.6 Å². The van der Waals surface area contributed by atoms with Crippen molar-refractivity contribution in [2.45, 2.75) is 140 Å². The van der Waals surface area contributed by atoms with Crippen LogP contribution >= 0.6 is 0 Å². The number of hydrogen-bond acceptors (Lipinski definition) is 10. The maximum Gasteiger partial charge on any atom is 0.408 e. The Balaban J connectivity index is 1.47. The van der Waals surface area contributed by atoms with Crippen LogP contribution in [-0.2, 0) is 33.9 Å². The molecular formula is C41H55N5O9S. The maximum absolute atomic E-state index is 14.6. The molecule has 2 aromatic rings. The molecule has 0 spiro atoms. The van der Waals surface area contributed by atoms with Crippen molar-refractivity contribution in [3.05, 3.63) is 60.3 Å². The number of pyridine rings is 1. The van der Waals surface area contributed by atoms with Crippen LogP contribution in [0.3, 0.4) is 0 Å². The summed E-state index contributed by atoms with van der Waals surface area (Å²) < 4.78 is 39.7. The summed E-state index contributed by atoms with van der Waals surface area (Å²) in [5, 5.41) is 6.35. The van der Waals surface area contributed by atoms with Gasteiger partial charge >= 0.3 is 6.09 Å². The minimum absolute atomic E-state index is 0.0208. The molecule has 1 aliphatic heterocycles. The summed E-state index contributed by atoms with van der Waals surface area (Å²) in [5.41, 5.74) is -0.715. The second-order valence-electron chi connectivity index (χ2n) is 16.4. The molecule has 0 bridgehead atoms. The Morgan fingerprint density at radius 1 is 1.07 bits per heavy atom. The van der Waals surface area contributed by atoms with E-state index in [1.54, 1.807) is 47.7 Å². The number of hydrogen-bond donors (Lipinski definition) is 3. The van der Waals surface area contributed by atoms with Crippen LogP contribution in [0.25, 0.3) is 10.8 Å². The summed E-state index contributed by atoms with van der Waals surface area (Å²) in [6, 6.07) is 5.49. The van der Waals surface area contributed by atoms with E-state index < -0.39 is 68.4 Å². The summed E-state index contributed by atoms with van der Waals surface area (Å²) in [7, 11) is -3.97. The number of fused-ring (bicyclic) bond motifs is 1. The number of ether oxygens (including phenoxy) is 2. The first kappa shape index (κ1) is 42.4. The Morgan fingerprint density at radius 2 is 1.79 bits per heavy atom. The number of sulfonamides is 1. The lowest BCUT2D eigenvalue weighted by Crippen LogP contribution is -2.62. The van der Waals surface area contributed by atoms with Gasteiger partial charge in [0, 0.05) is 24.4 Å². The minimum atomic E-state index is -3.97. The Bertz CT molecular complexity index is 2000. The van der Waals surface area contributed by atoms with E-state index in [4.69, 9.17) is 9.47 Å². The van der Waals surface area contributed by atoms with Gasteiger partial charge in [-0.1, -0.05) is 37.1 Å². The van der Waals surface area contributed by atoms with Gasteiger partial charge < -0.3 is 25.0 Å². The van der Waals surface area contributed by atoms with E-state index in [-0.39, 0.29) is 38.0 Å². The fraction of sp³-hybridized carbons (Fsp3) is 0.561. The minimum Gasteiger partial charge on any atom is -0.472 e. The maximum atomic E-state index is 14.6. The molecule has 0 radical (unpaired) electrons. The highest BCUT2D eigenvalue weighted by molar-refractivity contribution is 7.91. The van der Waals surface area contributed by atoms with Crippen molar-refractivity contribution in [3.8, 4) is 5.88 Å². The van der Waals surface area contributed by atoms with Gasteiger partial charge in [-0.25, -0.2) is 18.2 Å². The standard InChI is InChI=1S/C41H55N5O9S/c1-8-19-41(9-2,38(50)45-56(52,53)31-14-15-31)44-35(48)34-23-30(54-36-32-16-12-27(26-10-11-26)22-28(32)18-20-42-36)24-46(34)37(49)33(17-13-29(47)21-25(3)4)43-39(51)55-40(5,6)7/h9,12,16,18,20-22,26,30-31,33-34H,2,8,10-11,13-15,17,19,23-24H2,1,3-7H3,(H,43,51)(H,44,48)(H,45,50)/t30-,33+,34+,41-/m1/s1. The van der Waals surface area contributed by atoms with Crippen LogP contribution in [0.2, 0.25) is 0 Å². The van der Waals surface area contributed by atoms with E-state index in [9.17, 15) is 32.4 Å². The van der Waals surface area contributed by atoms with Crippen LogP contribution in [0.5, 0.6) is 5.88 Å². The zero-order valence-corrected chi connectivity index (χ0v) is 34.0. The topological polar surface area (TPSA) is 190 Å². The molecule has 2 heterocycles. The van der Waals surface area contributed by atoms with Crippen molar-refractivity contribution in [2.75, 3.05) is 6.54 Å². The molecule has 304 valence electrons. The SMILES string of the molecule is C=C[C@](CCC)(NC(=O)[C@@H]1C[C@@H](Oc2nccc3cc(C4CC4)ccc23)CN1C(=O)[C@H](CCC(=O)C=C(C)C)NC(=O)OC(C)(C)C)C(=O)NS(=O)(=O)C1CC1. The van der Waals surface area contributed by atoms with Crippen LogP contribution < -0.4 is 20.1 Å². The highest BCUT2D eigenvalue weighted by Gasteiger charge is 2.48. The highest BCUT2D eigenvalue weighted by atomic mass is 32.2. The summed E-state index contributed by atoms with van der Waals surface area (Å²) in [6.45, 7) is 14.0. The fourth-order valence-corrected chi connectivity index (χ4v) is 8.28. The first-order valence-electron chi connectivity index (χ1n) is 19.4. The predicted octanol–water partition coefficient (Wildman–Crippen LogP) is 5.12. The van der Waals surface area contributed by atoms with Gasteiger partial charge in [0.05, 0.1) is 11.8 Å². The van der Waals surface area contributed by atoms with Crippen LogP contribution in [-0.4, -0.2) is 89.0 Å². The quantitative estimate of drug-likeness (QED) is 0.143. The summed E-state index contributed by atoms with van der Waals surface area (Å²) in [6.07, 6.45) is 5.96. The number of carbonyl (C=O) groups is 5. The van der Waals surface area contributed by atoms with Gasteiger partial charge in [-0.3, -0.25) is 23.9 Å². The van der Waals surface area contributed by atoms with Crippen LogP contribution in [0.4, 0.5) is 4.79 Å². The van der Waals surface area contributed by atoms with Gasteiger partial charge in [0.25, 0.3) is 5.91 Å². The first-order chi connectivity index (χ1) is 26.3. The van der Waals surface area contributed by atoms with E-state index in [2.05, 4.69) is 39.1 Å². The first-order valence-corrected chi connectivity index (χ1v) is 20.9. The lowest BCUT2D eigenvalue weighted by Gasteiger charge is -2.34. The molecule has 1 saturated heterocycles. The number of benzene rings is 1. The zero-order valence-electron chi connectivity index (χ0n) is 33.2. The average molecular weight is 794 g/mol. The van der Waals surface area contributed by atoms with Gasteiger partial charge in [-0.2, -0.15) is 0 Å². The molecule has 5 rings (SSSR count).